The summed E-state index contributed by atoms with van der Waals surface area (Å²) in [7, 11) is 1.33. The smallest absolute Gasteiger partial charge is 0.422 e. The molecule has 0 spiro atoms. The summed E-state index contributed by atoms with van der Waals surface area (Å²) in [5, 5.41) is 7.49. The molecule has 182 valence electrons. The summed E-state index contributed by atoms with van der Waals surface area (Å²) < 4.78 is 52.6. The number of amides is 2. The third-order valence-corrected chi connectivity index (χ3v) is 5.19. The van der Waals surface area contributed by atoms with Gasteiger partial charge >= 0.3 is 6.18 Å². The van der Waals surface area contributed by atoms with E-state index in [0.717, 1.165) is 0 Å². The Morgan fingerprint density at radius 1 is 1.18 bits per heavy atom. The van der Waals surface area contributed by atoms with Gasteiger partial charge in [-0.25, -0.2) is 4.98 Å². The van der Waals surface area contributed by atoms with Crippen LogP contribution >= 0.6 is 11.3 Å². The first-order valence-corrected chi connectivity index (χ1v) is 11.0. The molecule has 8 nitrogen and oxygen atoms in total. The van der Waals surface area contributed by atoms with Crippen molar-refractivity contribution >= 4 is 28.3 Å². The number of carbonyl (C=O) groups excluding carboxylic acids is 2. The van der Waals surface area contributed by atoms with Gasteiger partial charge in [0.25, 0.3) is 0 Å². The minimum absolute atomic E-state index is 0.0264. The van der Waals surface area contributed by atoms with Gasteiger partial charge in [-0.2, -0.15) is 13.2 Å². The van der Waals surface area contributed by atoms with Gasteiger partial charge in [-0.3, -0.25) is 9.59 Å². The molecule has 0 saturated carbocycles. The Morgan fingerprint density at radius 3 is 2.68 bits per heavy atom. The van der Waals surface area contributed by atoms with Crippen LogP contribution in [0.3, 0.4) is 0 Å². The van der Waals surface area contributed by atoms with Gasteiger partial charge in [0, 0.05) is 18.7 Å². The third kappa shape index (κ3) is 7.51. The molecule has 34 heavy (non-hydrogen) atoms. The molecule has 0 bridgehead atoms. The average molecular weight is 497 g/mol. The van der Waals surface area contributed by atoms with E-state index in [-0.39, 0.29) is 36.3 Å². The summed E-state index contributed by atoms with van der Waals surface area (Å²) in [5.74, 6) is 0.777. The summed E-state index contributed by atoms with van der Waals surface area (Å²) in [6, 6.07) is 7.97. The maximum absolute atomic E-state index is 12.4. The van der Waals surface area contributed by atoms with E-state index >= 15 is 0 Å². The Labute approximate surface area is 197 Å². The topological polar surface area (TPSA) is 103 Å². The number of nitrogens with zero attached hydrogens (tertiary/aromatic N) is 1. The Balaban J connectivity index is 1.53. The van der Waals surface area contributed by atoms with Crippen molar-refractivity contribution in [2.24, 2.45) is 0 Å². The van der Waals surface area contributed by atoms with Gasteiger partial charge in [-0.15, -0.1) is 11.3 Å². The number of nitrogens with one attached hydrogen (secondary N) is 2. The number of hydrogen-bond donors (Lipinski definition) is 2. The molecule has 0 saturated heterocycles. The zero-order valence-corrected chi connectivity index (χ0v) is 19.1. The highest BCUT2D eigenvalue weighted by atomic mass is 32.1. The quantitative estimate of drug-likeness (QED) is 0.426. The molecule has 0 aliphatic heterocycles. The Kier molecular flexibility index (Phi) is 8.16. The first-order chi connectivity index (χ1) is 16.1. The molecule has 0 radical (unpaired) electrons. The predicted molar refractivity (Wildman–Crippen MR) is 119 cm³/mol. The number of anilines is 1. The number of benzene rings is 1. The lowest BCUT2D eigenvalue weighted by Gasteiger charge is -2.13. The molecule has 2 amide bonds. The van der Waals surface area contributed by atoms with Gasteiger partial charge in [0.2, 0.25) is 11.8 Å². The zero-order valence-electron chi connectivity index (χ0n) is 18.3. The number of furan rings is 1. The zero-order chi connectivity index (χ0) is 24.7. The van der Waals surface area contributed by atoms with Crippen LogP contribution in [0.1, 0.15) is 24.7 Å². The fourth-order valence-corrected chi connectivity index (χ4v) is 3.57. The standard InChI is InChI=1S/C22H22F3N3O5S/c1-13(29)26-10-15-5-7-17(33-15)16-11-34-21(27-16)28-20(30)8-4-14-3-6-18(19(9-14)31-2)32-12-22(23,24)25/h3,5-7,9,11H,4,8,10,12H2,1-2H3,(H,26,29)(H,27,28,30). The summed E-state index contributed by atoms with van der Waals surface area (Å²) in [5.41, 5.74) is 1.25. The highest BCUT2D eigenvalue weighted by molar-refractivity contribution is 7.14. The van der Waals surface area contributed by atoms with Crippen LogP contribution in [0.5, 0.6) is 11.5 Å². The van der Waals surface area contributed by atoms with Crippen LogP contribution in [-0.2, 0) is 22.6 Å². The first kappa shape index (κ1) is 25.1. The molecule has 3 aromatic rings. The maximum atomic E-state index is 12.4. The van der Waals surface area contributed by atoms with Gasteiger partial charge in [-0.05, 0) is 36.2 Å². The molecule has 0 aliphatic carbocycles. The van der Waals surface area contributed by atoms with Crippen LogP contribution in [-0.4, -0.2) is 36.7 Å². The number of thiazole rings is 1. The second kappa shape index (κ2) is 11.1. The van der Waals surface area contributed by atoms with Crippen LogP contribution in [0.2, 0.25) is 0 Å². The molecular weight excluding hydrogens is 475 g/mol. The van der Waals surface area contributed by atoms with Crippen molar-refractivity contribution in [1.29, 1.82) is 0 Å². The molecule has 2 aromatic heterocycles. The molecule has 0 aliphatic rings. The Bertz CT molecular complexity index is 1140. The molecule has 0 atom stereocenters. The van der Waals surface area contributed by atoms with Crippen molar-refractivity contribution in [2.45, 2.75) is 32.5 Å². The van der Waals surface area contributed by atoms with Gasteiger partial charge in [0.05, 0.1) is 13.7 Å². The van der Waals surface area contributed by atoms with Crippen molar-refractivity contribution in [3.8, 4) is 23.0 Å². The third-order valence-electron chi connectivity index (χ3n) is 4.44. The summed E-state index contributed by atoms with van der Waals surface area (Å²) >= 11 is 1.24. The Hall–Kier alpha value is -3.54. The molecule has 12 heteroatoms. The maximum Gasteiger partial charge on any atom is 0.422 e. The number of hydrogen-bond acceptors (Lipinski definition) is 7. The van der Waals surface area contributed by atoms with E-state index in [0.29, 0.717) is 34.3 Å². The summed E-state index contributed by atoms with van der Waals surface area (Å²) in [6.07, 6.45) is -3.99. The number of carbonyl (C=O) groups is 2. The number of aryl methyl sites for hydroxylation is 1. The van der Waals surface area contributed by atoms with Gasteiger partial charge in [-0.1, -0.05) is 6.07 Å². The number of methoxy groups -OCH3 is 1. The summed E-state index contributed by atoms with van der Waals surface area (Å²) in [6.45, 7) is 0.261. The number of rotatable bonds is 10. The molecule has 1 aromatic carbocycles. The van der Waals surface area contributed by atoms with Gasteiger partial charge < -0.3 is 24.5 Å². The van der Waals surface area contributed by atoms with Gasteiger partial charge in [0.1, 0.15) is 11.5 Å². The van der Waals surface area contributed by atoms with Crippen LogP contribution in [0.4, 0.5) is 18.3 Å². The molecule has 2 heterocycles. The van der Waals surface area contributed by atoms with Crippen molar-refractivity contribution in [3.63, 3.8) is 0 Å². The van der Waals surface area contributed by atoms with Crippen LogP contribution in [0, 0.1) is 0 Å². The van der Waals surface area contributed by atoms with Crippen molar-refractivity contribution in [2.75, 3.05) is 19.0 Å². The fraction of sp³-hybridized carbons (Fsp3) is 0.318. The predicted octanol–water partition coefficient (Wildman–Crippen LogP) is 4.56. The number of alkyl halides is 3. The van der Waals surface area contributed by atoms with Crippen LogP contribution < -0.4 is 20.1 Å². The lowest BCUT2D eigenvalue weighted by atomic mass is 10.1. The average Bonchev–Trinajstić information content (AvgIpc) is 3.44. The SMILES string of the molecule is COc1cc(CCC(=O)Nc2nc(-c3ccc(CNC(C)=O)o3)cs2)ccc1OCC(F)(F)F. The second-order valence-corrected chi connectivity index (χ2v) is 8.01. The van der Waals surface area contributed by atoms with E-state index in [1.54, 1.807) is 23.6 Å². The van der Waals surface area contributed by atoms with E-state index in [1.165, 1.54) is 37.5 Å². The lowest BCUT2D eigenvalue weighted by molar-refractivity contribution is -0.153. The number of aromatic nitrogens is 1. The largest absolute Gasteiger partial charge is 0.493 e. The molecular formula is C22H22F3N3O5S. The highest BCUT2D eigenvalue weighted by Gasteiger charge is 2.29. The van der Waals surface area contributed by atoms with Crippen LogP contribution in [0.15, 0.2) is 40.1 Å². The minimum atomic E-state index is -4.45. The van der Waals surface area contributed by atoms with Crippen molar-refractivity contribution in [1.82, 2.24) is 10.3 Å². The fourth-order valence-electron chi connectivity index (χ4n) is 2.85. The van der Waals surface area contributed by atoms with E-state index in [1.807, 2.05) is 0 Å². The molecule has 0 unspecified atom stereocenters. The normalized spacial score (nSPS) is 11.2. The second-order valence-electron chi connectivity index (χ2n) is 7.15. The number of halogens is 3. The minimum Gasteiger partial charge on any atom is -0.493 e. The van der Waals surface area contributed by atoms with Crippen molar-refractivity contribution < 1.29 is 36.7 Å². The molecule has 2 N–H and O–H groups in total. The van der Waals surface area contributed by atoms with E-state index < -0.39 is 12.8 Å². The highest BCUT2D eigenvalue weighted by Crippen LogP contribution is 2.30. The Morgan fingerprint density at radius 2 is 1.97 bits per heavy atom. The number of ether oxygens (including phenoxy) is 2. The summed E-state index contributed by atoms with van der Waals surface area (Å²) in [4.78, 5) is 27.7. The van der Waals surface area contributed by atoms with Crippen molar-refractivity contribution in [3.05, 3.63) is 47.0 Å². The van der Waals surface area contributed by atoms with E-state index in [9.17, 15) is 22.8 Å². The molecule has 0 fully saturated rings. The monoisotopic (exact) mass is 497 g/mol. The van der Waals surface area contributed by atoms with E-state index in [4.69, 9.17) is 13.9 Å². The van der Waals surface area contributed by atoms with E-state index in [2.05, 4.69) is 15.6 Å². The lowest BCUT2D eigenvalue weighted by Crippen LogP contribution is -2.19. The molecule has 3 rings (SSSR count). The first-order valence-electron chi connectivity index (χ1n) is 10.1. The van der Waals surface area contributed by atoms with Gasteiger partial charge in [0.15, 0.2) is 29.0 Å². The van der Waals surface area contributed by atoms with Crippen LogP contribution in [0.25, 0.3) is 11.5 Å².